The first kappa shape index (κ1) is 22.9. The van der Waals surface area contributed by atoms with E-state index in [1.807, 2.05) is 24.3 Å². The highest BCUT2D eigenvalue weighted by atomic mass is 79.9. The topological polar surface area (TPSA) is 69.6 Å². The van der Waals surface area contributed by atoms with E-state index in [0.717, 1.165) is 41.3 Å². The van der Waals surface area contributed by atoms with Gasteiger partial charge in [0, 0.05) is 23.0 Å². The number of nitrogens with one attached hydrogen (secondary N) is 1. The fourth-order valence-electron chi connectivity index (χ4n) is 2.76. The van der Waals surface area contributed by atoms with E-state index in [1.54, 1.807) is 0 Å². The number of rotatable bonds is 10. The molecule has 0 unspecified atom stereocenters. The lowest BCUT2D eigenvalue weighted by Gasteiger charge is -2.07. The van der Waals surface area contributed by atoms with Crippen molar-refractivity contribution in [2.75, 3.05) is 12.7 Å². The Labute approximate surface area is 176 Å². The second-order valence-corrected chi connectivity index (χ2v) is 9.36. The molecule has 0 saturated carbocycles. The zero-order valence-electron chi connectivity index (χ0n) is 15.9. The predicted octanol–water partition coefficient (Wildman–Crippen LogP) is 4.87. The largest absolute Gasteiger partial charge is 0.325 e. The second kappa shape index (κ2) is 12.2. The van der Waals surface area contributed by atoms with Crippen LogP contribution in [0, 0.1) is 11.8 Å². The van der Waals surface area contributed by atoms with Crippen LogP contribution >= 0.6 is 23.5 Å². The molecule has 4 nitrogen and oxygen atoms in total. The van der Waals surface area contributed by atoms with Gasteiger partial charge < -0.3 is 15.1 Å². The van der Waals surface area contributed by atoms with Crippen LogP contribution < -0.4 is 5.32 Å². The first-order valence-corrected chi connectivity index (χ1v) is 12.1. The Hall–Kier alpha value is -1.41. The molecule has 3 N–H and O–H groups in total. The lowest BCUT2D eigenvalue weighted by molar-refractivity contribution is 0.371. The summed E-state index contributed by atoms with van der Waals surface area (Å²) in [6.07, 6.45) is 4.61. The highest BCUT2D eigenvalue weighted by Gasteiger charge is 2.11. The van der Waals surface area contributed by atoms with Crippen LogP contribution in [0.25, 0.3) is 0 Å². The average Bonchev–Trinajstić information content (AvgIpc) is 2.65. The fourth-order valence-corrected chi connectivity index (χ4v) is 3.85. The van der Waals surface area contributed by atoms with Gasteiger partial charge >= 0.3 is 7.60 Å². The summed E-state index contributed by atoms with van der Waals surface area (Å²) < 4.78 is 11.8. The van der Waals surface area contributed by atoms with E-state index in [0.29, 0.717) is 19.5 Å². The SMILES string of the molecule is O=P(O)(O)CCCNCc1ccc(C#CCCCCc2ccccc2)c(Br)c1. The van der Waals surface area contributed by atoms with Gasteiger partial charge in [-0.15, -0.1) is 0 Å². The zero-order valence-corrected chi connectivity index (χ0v) is 18.4. The second-order valence-electron chi connectivity index (χ2n) is 6.73. The van der Waals surface area contributed by atoms with Gasteiger partial charge in [0.05, 0.1) is 6.16 Å². The Balaban J connectivity index is 1.69. The van der Waals surface area contributed by atoms with E-state index >= 15 is 0 Å². The third kappa shape index (κ3) is 9.68. The van der Waals surface area contributed by atoms with Crippen LogP contribution in [0.3, 0.4) is 0 Å². The summed E-state index contributed by atoms with van der Waals surface area (Å²) in [7, 11) is -3.89. The van der Waals surface area contributed by atoms with Crippen LogP contribution in [-0.2, 0) is 17.5 Å². The molecule has 0 radical (unpaired) electrons. The van der Waals surface area contributed by atoms with E-state index < -0.39 is 7.60 Å². The van der Waals surface area contributed by atoms with Crippen molar-refractivity contribution in [1.82, 2.24) is 5.32 Å². The molecule has 0 spiro atoms. The minimum atomic E-state index is -3.89. The summed E-state index contributed by atoms with van der Waals surface area (Å²) in [4.78, 5) is 17.7. The van der Waals surface area contributed by atoms with Gasteiger partial charge in [-0.2, -0.15) is 0 Å². The van der Waals surface area contributed by atoms with Crippen molar-refractivity contribution in [3.63, 3.8) is 0 Å². The van der Waals surface area contributed by atoms with Crippen LogP contribution in [0.5, 0.6) is 0 Å². The first-order valence-electron chi connectivity index (χ1n) is 9.50. The highest BCUT2D eigenvalue weighted by molar-refractivity contribution is 9.10. The predicted molar refractivity (Wildman–Crippen MR) is 118 cm³/mol. The van der Waals surface area contributed by atoms with Gasteiger partial charge in [0.15, 0.2) is 0 Å². The van der Waals surface area contributed by atoms with Crippen molar-refractivity contribution in [2.24, 2.45) is 0 Å². The van der Waals surface area contributed by atoms with Gasteiger partial charge in [-0.05, 0) is 71.4 Å². The molecule has 0 aromatic heterocycles. The van der Waals surface area contributed by atoms with Crippen LogP contribution in [0.1, 0.15) is 42.4 Å². The molecule has 2 aromatic carbocycles. The molecule has 0 fully saturated rings. The van der Waals surface area contributed by atoms with E-state index in [4.69, 9.17) is 9.79 Å². The molecular weight excluding hydrogens is 437 g/mol. The molecule has 0 amide bonds. The number of benzene rings is 2. The molecule has 0 aliphatic heterocycles. The van der Waals surface area contributed by atoms with Crippen molar-refractivity contribution in [3.05, 3.63) is 69.7 Å². The Kier molecular flexibility index (Phi) is 9.98. The van der Waals surface area contributed by atoms with Crippen LogP contribution in [-0.4, -0.2) is 22.5 Å². The molecular formula is C22H27BrNO3P. The smallest absolute Gasteiger partial charge is 0.324 e. The molecule has 0 heterocycles. The maximum atomic E-state index is 10.8. The number of aryl methyl sites for hydroxylation is 1. The molecule has 6 heteroatoms. The van der Waals surface area contributed by atoms with Crippen molar-refractivity contribution < 1.29 is 14.4 Å². The summed E-state index contributed by atoms with van der Waals surface area (Å²) in [5.41, 5.74) is 3.47. The van der Waals surface area contributed by atoms with Gasteiger partial charge in [-0.1, -0.05) is 48.2 Å². The summed E-state index contributed by atoms with van der Waals surface area (Å²) in [6.45, 7) is 1.24. The zero-order chi connectivity index (χ0) is 20.2. The highest BCUT2D eigenvalue weighted by Crippen LogP contribution is 2.34. The molecule has 0 aliphatic rings. The number of unbranched alkanes of at least 4 members (excludes halogenated alkanes) is 2. The minimum absolute atomic E-state index is 0.0798. The van der Waals surface area contributed by atoms with Crippen molar-refractivity contribution in [2.45, 2.75) is 38.6 Å². The minimum Gasteiger partial charge on any atom is -0.324 e. The van der Waals surface area contributed by atoms with Gasteiger partial charge in [0.1, 0.15) is 0 Å². The van der Waals surface area contributed by atoms with E-state index in [1.165, 1.54) is 5.56 Å². The number of hydrogen-bond donors (Lipinski definition) is 3. The summed E-state index contributed by atoms with van der Waals surface area (Å²) in [6, 6.07) is 16.6. The Morgan fingerprint density at radius 1 is 1.00 bits per heavy atom. The summed E-state index contributed by atoms with van der Waals surface area (Å²) in [5.74, 6) is 6.48. The third-order valence-electron chi connectivity index (χ3n) is 4.25. The third-order valence-corrected chi connectivity index (χ3v) is 5.80. The quantitative estimate of drug-likeness (QED) is 0.267. The lowest BCUT2D eigenvalue weighted by atomic mass is 10.1. The number of halogens is 1. The van der Waals surface area contributed by atoms with E-state index in [2.05, 4.69) is 57.4 Å². The average molecular weight is 464 g/mol. The Morgan fingerprint density at radius 3 is 2.50 bits per heavy atom. The monoisotopic (exact) mass is 463 g/mol. The molecule has 28 heavy (non-hydrogen) atoms. The molecule has 2 aromatic rings. The van der Waals surface area contributed by atoms with Gasteiger partial charge in [-0.3, -0.25) is 4.57 Å². The molecule has 2 rings (SSSR count). The Morgan fingerprint density at radius 2 is 1.79 bits per heavy atom. The van der Waals surface area contributed by atoms with Crippen molar-refractivity contribution >= 4 is 23.5 Å². The number of hydrogen-bond acceptors (Lipinski definition) is 2. The van der Waals surface area contributed by atoms with E-state index in [-0.39, 0.29) is 6.16 Å². The maximum Gasteiger partial charge on any atom is 0.325 e. The lowest BCUT2D eigenvalue weighted by Crippen LogP contribution is -2.15. The molecule has 0 saturated heterocycles. The molecule has 0 aliphatic carbocycles. The first-order chi connectivity index (χ1) is 13.4. The van der Waals surface area contributed by atoms with E-state index in [9.17, 15) is 4.57 Å². The van der Waals surface area contributed by atoms with Crippen LogP contribution in [0.4, 0.5) is 0 Å². The van der Waals surface area contributed by atoms with Gasteiger partial charge in [0.2, 0.25) is 0 Å². The Bertz CT molecular complexity index is 840. The van der Waals surface area contributed by atoms with Crippen molar-refractivity contribution in [3.8, 4) is 11.8 Å². The molecule has 0 atom stereocenters. The molecule has 0 bridgehead atoms. The van der Waals surface area contributed by atoms with Gasteiger partial charge in [0.25, 0.3) is 0 Å². The summed E-state index contributed by atoms with van der Waals surface area (Å²) in [5, 5.41) is 3.20. The standard InChI is InChI=1S/C22H27BrNO3P/c23-22-17-20(18-24-15-8-16-28(25,26)27)13-14-21(22)12-7-2-1-4-9-19-10-5-3-6-11-19/h3,5-6,10-11,13-14,17,24H,1-2,4,8-9,15-16,18H2,(H2,25,26,27). The fraction of sp³-hybridized carbons (Fsp3) is 0.364. The normalized spacial score (nSPS) is 11.1. The maximum absolute atomic E-state index is 10.8. The summed E-state index contributed by atoms with van der Waals surface area (Å²) >= 11 is 3.58. The van der Waals surface area contributed by atoms with Crippen LogP contribution in [0.2, 0.25) is 0 Å². The molecule has 150 valence electrons. The van der Waals surface area contributed by atoms with Gasteiger partial charge in [-0.25, -0.2) is 0 Å². The van der Waals surface area contributed by atoms with Crippen molar-refractivity contribution in [1.29, 1.82) is 0 Å². The van der Waals surface area contributed by atoms with Crippen LogP contribution in [0.15, 0.2) is 53.0 Å².